The molecule has 2 heterocycles. The zero-order valence-electron chi connectivity index (χ0n) is 18.2. The molecule has 0 amide bonds. The van der Waals surface area contributed by atoms with Crippen molar-refractivity contribution < 1.29 is 13.2 Å². The van der Waals surface area contributed by atoms with E-state index in [1.165, 1.54) is 0 Å². The lowest BCUT2D eigenvalue weighted by Crippen LogP contribution is -2.09. The lowest BCUT2D eigenvalue weighted by Gasteiger charge is -2.09. The molecule has 0 spiro atoms. The summed E-state index contributed by atoms with van der Waals surface area (Å²) >= 11 is 0. The van der Waals surface area contributed by atoms with Crippen LogP contribution in [0.15, 0.2) is 97.3 Å². The lowest BCUT2D eigenvalue weighted by atomic mass is 10.1. The number of aromatic nitrogens is 3. The quantitative estimate of drug-likeness (QED) is 0.334. The highest BCUT2D eigenvalue weighted by Crippen LogP contribution is 2.28. The van der Waals surface area contributed by atoms with Crippen LogP contribution >= 0.6 is 0 Å². The van der Waals surface area contributed by atoms with Crippen LogP contribution in [0.5, 0.6) is 11.5 Å². The number of nitrogens with zero attached hydrogens (tertiary/aromatic N) is 3. The number of anilines is 3. The van der Waals surface area contributed by atoms with Gasteiger partial charge in [0.2, 0.25) is 10.0 Å². The molecule has 2 aromatic heterocycles. The largest absolute Gasteiger partial charge is 0.457 e. The molecule has 5 rings (SSSR count). The van der Waals surface area contributed by atoms with Gasteiger partial charge in [0.1, 0.15) is 17.3 Å². The lowest BCUT2D eigenvalue weighted by molar-refractivity contribution is 0.483. The number of benzene rings is 3. The maximum absolute atomic E-state index is 11.6. The zero-order valence-corrected chi connectivity index (χ0v) is 19.0. The summed E-state index contributed by atoms with van der Waals surface area (Å²) in [7, 11) is -3.37. The van der Waals surface area contributed by atoms with E-state index in [2.05, 4.69) is 15.1 Å². The highest BCUT2D eigenvalue weighted by molar-refractivity contribution is 7.92. The summed E-state index contributed by atoms with van der Waals surface area (Å²) in [5.74, 6) is 2.16. The number of rotatable bonds is 7. The summed E-state index contributed by atoms with van der Waals surface area (Å²) < 4.78 is 33.2. The number of para-hydroxylation sites is 1. The number of hydrogen-bond acceptors (Lipinski definition) is 6. The van der Waals surface area contributed by atoms with Crippen LogP contribution < -0.4 is 14.8 Å². The Morgan fingerprint density at radius 1 is 0.853 bits per heavy atom. The average molecular weight is 472 g/mol. The van der Waals surface area contributed by atoms with Gasteiger partial charge in [-0.2, -0.15) is 5.10 Å². The number of hydrogen-bond donors (Lipinski definition) is 2. The molecule has 0 radical (unpaired) electrons. The summed E-state index contributed by atoms with van der Waals surface area (Å²) in [5.41, 5.74) is 3.57. The summed E-state index contributed by atoms with van der Waals surface area (Å²) in [6.07, 6.45) is 4.65. The number of ether oxygens (including phenoxy) is 1. The van der Waals surface area contributed by atoms with Gasteiger partial charge in [-0.1, -0.05) is 30.3 Å². The van der Waals surface area contributed by atoms with Gasteiger partial charge in [-0.05, 0) is 60.2 Å². The molecule has 0 fully saturated rings. The van der Waals surface area contributed by atoms with E-state index in [-0.39, 0.29) is 0 Å². The Morgan fingerprint density at radius 2 is 1.62 bits per heavy atom. The van der Waals surface area contributed by atoms with Crippen LogP contribution in [-0.2, 0) is 10.0 Å². The third-order valence-corrected chi connectivity index (χ3v) is 5.56. The molecular weight excluding hydrogens is 450 g/mol. The Labute approximate surface area is 196 Å². The van der Waals surface area contributed by atoms with Crippen molar-refractivity contribution in [3.05, 3.63) is 97.3 Å². The first-order chi connectivity index (χ1) is 16.4. The van der Waals surface area contributed by atoms with Gasteiger partial charge < -0.3 is 10.1 Å². The Balaban J connectivity index is 1.38. The van der Waals surface area contributed by atoms with Crippen LogP contribution in [-0.4, -0.2) is 29.3 Å². The molecule has 0 saturated carbocycles. The number of fused-ring (bicyclic) bond motifs is 1. The molecule has 34 heavy (non-hydrogen) atoms. The third kappa shape index (κ3) is 5.00. The van der Waals surface area contributed by atoms with Gasteiger partial charge in [0.25, 0.3) is 0 Å². The molecule has 0 atom stereocenters. The summed E-state index contributed by atoms with van der Waals surface area (Å²) in [6, 6.07) is 26.2. The van der Waals surface area contributed by atoms with Crippen LogP contribution in [0.2, 0.25) is 0 Å². The van der Waals surface area contributed by atoms with Gasteiger partial charge in [0.15, 0.2) is 5.65 Å². The summed E-state index contributed by atoms with van der Waals surface area (Å²) in [5, 5.41) is 7.67. The molecule has 0 unspecified atom stereocenters. The minimum atomic E-state index is -3.37. The zero-order chi connectivity index (χ0) is 23.5. The number of sulfonamides is 1. The van der Waals surface area contributed by atoms with E-state index in [9.17, 15) is 8.42 Å². The number of nitrogens with one attached hydrogen (secondary N) is 2. The van der Waals surface area contributed by atoms with Gasteiger partial charge in [-0.3, -0.25) is 4.72 Å². The average Bonchev–Trinajstić information content (AvgIpc) is 3.23. The van der Waals surface area contributed by atoms with Crippen LogP contribution in [0.3, 0.4) is 0 Å². The van der Waals surface area contributed by atoms with Crippen molar-refractivity contribution in [3.8, 4) is 22.6 Å². The third-order valence-electron chi connectivity index (χ3n) is 4.95. The first kappa shape index (κ1) is 21.5. The Morgan fingerprint density at radius 3 is 2.38 bits per heavy atom. The fourth-order valence-corrected chi connectivity index (χ4v) is 4.04. The van der Waals surface area contributed by atoms with E-state index in [0.717, 1.165) is 34.6 Å². The van der Waals surface area contributed by atoms with E-state index < -0.39 is 10.0 Å². The highest BCUT2D eigenvalue weighted by atomic mass is 32.2. The maximum atomic E-state index is 11.6. The van der Waals surface area contributed by atoms with Gasteiger partial charge in [0.05, 0.1) is 12.5 Å². The van der Waals surface area contributed by atoms with Crippen LogP contribution in [0.1, 0.15) is 0 Å². The minimum absolute atomic E-state index is 0.478. The summed E-state index contributed by atoms with van der Waals surface area (Å²) in [6.45, 7) is 0. The molecule has 0 aliphatic heterocycles. The second-order valence-corrected chi connectivity index (χ2v) is 9.41. The van der Waals surface area contributed by atoms with Crippen LogP contribution in [0, 0.1) is 0 Å². The second-order valence-electron chi connectivity index (χ2n) is 7.66. The van der Waals surface area contributed by atoms with E-state index in [1.807, 2.05) is 72.9 Å². The fraction of sp³-hybridized carbons (Fsp3) is 0.0400. The highest BCUT2D eigenvalue weighted by Gasteiger charge is 2.11. The molecule has 5 aromatic rings. The normalized spacial score (nSPS) is 11.3. The molecule has 3 aromatic carbocycles. The van der Waals surface area contributed by atoms with Crippen molar-refractivity contribution in [1.29, 1.82) is 0 Å². The van der Waals surface area contributed by atoms with E-state index >= 15 is 0 Å². The molecule has 0 saturated heterocycles. The summed E-state index contributed by atoms with van der Waals surface area (Å²) in [4.78, 5) is 4.72. The van der Waals surface area contributed by atoms with E-state index in [0.29, 0.717) is 17.2 Å². The van der Waals surface area contributed by atoms with E-state index in [1.54, 1.807) is 28.9 Å². The Bertz CT molecular complexity index is 1550. The van der Waals surface area contributed by atoms with Crippen LogP contribution in [0.25, 0.3) is 16.8 Å². The fourth-order valence-electron chi connectivity index (χ4n) is 3.49. The van der Waals surface area contributed by atoms with Crippen molar-refractivity contribution in [2.24, 2.45) is 0 Å². The van der Waals surface area contributed by atoms with Crippen molar-refractivity contribution in [2.75, 3.05) is 16.3 Å². The van der Waals surface area contributed by atoms with Crippen molar-refractivity contribution >= 4 is 32.9 Å². The van der Waals surface area contributed by atoms with Crippen molar-refractivity contribution in [3.63, 3.8) is 0 Å². The van der Waals surface area contributed by atoms with Gasteiger partial charge in [0, 0.05) is 23.1 Å². The molecule has 0 aliphatic carbocycles. The smallest absolute Gasteiger partial charge is 0.229 e. The van der Waals surface area contributed by atoms with Crippen LogP contribution in [0.4, 0.5) is 17.2 Å². The maximum Gasteiger partial charge on any atom is 0.229 e. The molecule has 2 N–H and O–H groups in total. The van der Waals surface area contributed by atoms with Gasteiger partial charge >= 0.3 is 0 Å². The first-order valence-corrected chi connectivity index (χ1v) is 12.3. The molecule has 0 bridgehead atoms. The predicted octanol–water partition coefficient (Wildman–Crippen LogP) is 5.30. The van der Waals surface area contributed by atoms with Crippen molar-refractivity contribution in [2.45, 2.75) is 0 Å². The monoisotopic (exact) mass is 471 g/mol. The van der Waals surface area contributed by atoms with Gasteiger partial charge in [-0.25, -0.2) is 17.9 Å². The van der Waals surface area contributed by atoms with E-state index in [4.69, 9.17) is 9.72 Å². The van der Waals surface area contributed by atoms with Gasteiger partial charge in [-0.15, -0.1) is 0 Å². The minimum Gasteiger partial charge on any atom is -0.457 e. The first-order valence-electron chi connectivity index (χ1n) is 10.5. The standard InChI is InChI=1S/C25H21N5O3S/c1-34(31,32)29-20-7-5-6-18(16-20)23-17-26-30-15-14-24(28-25(23)30)27-19-10-12-22(13-11-19)33-21-8-3-2-4-9-21/h2-17,29H,1H3,(H,27,28). The predicted molar refractivity (Wildman–Crippen MR) is 133 cm³/mol. The molecule has 0 aliphatic rings. The Hall–Kier alpha value is -4.37. The molecular formula is C25H21N5O3S. The Kier molecular flexibility index (Phi) is 5.60. The molecule has 9 heteroatoms. The SMILES string of the molecule is CS(=O)(=O)Nc1cccc(-c2cnn3ccc(Nc4ccc(Oc5ccccc5)cc4)nc23)c1. The topological polar surface area (TPSA) is 97.6 Å². The second kappa shape index (κ2) is 8.87. The molecule has 170 valence electrons. The van der Waals surface area contributed by atoms with Crippen molar-refractivity contribution in [1.82, 2.24) is 14.6 Å². The molecule has 8 nitrogen and oxygen atoms in total.